The average Bonchev–Trinajstić information content (AvgIpc) is 3.16. The van der Waals surface area contributed by atoms with Crippen LogP contribution in [0.2, 0.25) is 0 Å². The van der Waals surface area contributed by atoms with Gasteiger partial charge in [0.05, 0.1) is 12.1 Å². The van der Waals surface area contributed by atoms with Crippen molar-refractivity contribution in [3.8, 4) is 0 Å². The van der Waals surface area contributed by atoms with Crippen LogP contribution in [-0.4, -0.2) is 60.6 Å². The van der Waals surface area contributed by atoms with Gasteiger partial charge in [-0.25, -0.2) is 0 Å². The summed E-state index contributed by atoms with van der Waals surface area (Å²) in [4.78, 5) is 17.5. The highest BCUT2D eigenvalue weighted by molar-refractivity contribution is 5.81. The van der Waals surface area contributed by atoms with E-state index in [-0.39, 0.29) is 6.04 Å². The molecule has 0 aliphatic carbocycles. The van der Waals surface area contributed by atoms with Crippen molar-refractivity contribution in [3.05, 3.63) is 35.9 Å². The maximum Gasteiger partial charge on any atom is 0.239 e. The molecule has 0 N–H and O–H groups in total. The number of hydrogen-bond donors (Lipinski definition) is 0. The van der Waals surface area contributed by atoms with Crippen molar-refractivity contribution in [1.29, 1.82) is 0 Å². The minimum absolute atomic E-state index is 0.0200. The molecule has 3 heterocycles. The van der Waals surface area contributed by atoms with Crippen LogP contribution in [-0.2, 0) is 16.0 Å². The van der Waals surface area contributed by atoms with Gasteiger partial charge in [-0.1, -0.05) is 30.3 Å². The molecular weight excluding hydrogens is 324 g/mol. The molecular formula is C22H32N2O2. The lowest BCUT2D eigenvalue weighted by molar-refractivity contribution is -0.140. The van der Waals surface area contributed by atoms with E-state index in [1.54, 1.807) is 0 Å². The van der Waals surface area contributed by atoms with Gasteiger partial charge in [-0.3, -0.25) is 9.69 Å². The summed E-state index contributed by atoms with van der Waals surface area (Å²) >= 11 is 0. The average molecular weight is 357 g/mol. The summed E-state index contributed by atoms with van der Waals surface area (Å²) < 4.78 is 5.77. The highest BCUT2D eigenvalue weighted by Crippen LogP contribution is 2.30. The highest BCUT2D eigenvalue weighted by atomic mass is 16.5. The van der Waals surface area contributed by atoms with Gasteiger partial charge in [-0.05, 0) is 63.6 Å². The van der Waals surface area contributed by atoms with E-state index >= 15 is 0 Å². The molecule has 4 nitrogen and oxygen atoms in total. The van der Waals surface area contributed by atoms with Crippen LogP contribution < -0.4 is 0 Å². The van der Waals surface area contributed by atoms with Crippen molar-refractivity contribution >= 4 is 5.91 Å². The fourth-order valence-electron chi connectivity index (χ4n) is 4.99. The monoisotopic (exact) mass is 356 g/mol. The van der Waals surface area contributed by atoms with Gasteiger partial charge in [0, 0.05) is 25.6 Å². The fourth-order valence-corrected chi connectivity index (χ4v) is 4.99. The summed E-state index contributed by atoms with van der Waals surface area (Å²) in [6.45, 7) is 6.85. The molecule has 3 aliphatic heterocycles. The molecule has 142 valence electrons. The van der Waals surface area contributed by atoms with Gasteiger partial charge in [-0.2, -0.15) is 0 Å². The second-order valence-electron chi connectivity index (χ2n) is 8.38. The second kappa shape index (κ2) is 8.10. The van der Waals surface area contributed by atoms with Crippen LogP contribution in [0.4, 0.5) is 0 Å². The van der Waals surface area contributed by atoms with Crippen LogP contribution in [0, 0.1) is 11.8 Å². The number of hydrogen-bond acceptors (Lipinski definition) is 3. The zero-order valence-electron chi connectivity index (χ0n) is 16.0. The van der Waals surface area contributed by atoms with Crippen molar-refractivity contribution in [2.75, 3.05) is 32.8 Å². The van der Waals surface area contributed by atoms with Crippen LogP contribution in [0.3, 0.4) is 0 Å². The number of carbonyl (C=O) groups is 1. The largest absolute Gasteiger partial charge is 0.378 e. The van der Waals surface area contributed by atoms with Crippen molar-refractivity contribution in [1.82, 2.24) is 9.80 Å². The third-order valence-electron chi connectivity index (χ3n) is 6.72. The molecule has 1 aromatic carbocycles. The molecule has 3 atom stereocenters. The zero-order valence-corrected chi connectivity index (χ0v) is 16.0. The zero-order chi connectivity index (χ0) is 17.9. The first-order valence-electron chi connectivity index (χ1n) is 10.4. The van der Waals surface area contributed by atoms with E-state index in [2.05, 4.69) is 47.1 Å². The number of piperidine rings is 2. The van der Waals surface area contributed by atoms with Crippen LogP contribution in [0.25, 0.3) is 0 Å². The quantitative estimate of drug-likeness (QED) is 0.831. The van der Waals surface area contributed by atoms with Gasteiger partial charge in [0.15, 0.2) is 0 Å². The summed E-state index contributed by atoms with van der Waals surface area (Å²) in [7, 11) is 0. The summed E-state index contributed by atoms with van der Waals surface area (Å²) in [6, 6.07) is 10.8. The molecule has 0 spiro atoms. The van der Waals surface area contributed by atoms with E-state index in [1.807, 2.05) is 0 Å². The Kier molecular flexibility index (Phi) is 5.60. The molecule has 3 fully saturated rings. The highest BCUT2D eigenvalue weighted by Gasteiger charge is 2.37. The van der Waals surface area contributed by atoms with Gasteiger partial charge in [0.2, 0.25) is 5.91 Å². The number of likely N-dealkylation sites (tertiary alicyclic amines) is 2. The van der Waals surface area contributed by atoms with Crippen LogP contribution in [0.1, 0.15) is 38.2 Å². The molecule has 0 saturated carbocycles. The van der Waals surface area contributed by atoms with E-state index in [9.17, 15) is 4.79 Å². The summed E-state index contributed by atoms with van der Waals surface area (Å²) in [5.41, 5.74) is 1.44. The van der Waals surface area contributed by atoms with E-state index in [0.29, 0.717) is 17.9 Å². The molecule has 0 bridgehead atoms. The third kappa shape index (κ3) is 3.96. The number of fused-ring (bicyclic) bond motifs is 1. The molecule has 4 rings (SSSR count). The Bertz CT molecular complexity index is 597. The van der Waals surface area contributed by atoms with Crippen molar-refractivity contribution in [2.24, 2.45) is 11.8 Å². The molecule has 1 aromatic rings. The van der Waals surface area contributed by atoms with Crippen LogP contribution in [0.5, 0.6) is 0 Å². The summed E-state index contributed by atoms with van der Waals surface area (Å²) in [5.74, 6) is 1.65. The SMILES string of the molecule is CC(C(=O)N1CC[C@@H]2OCC[C@@H]2C1)N1CCC(Cc2ccccc2)CC1. The predicted octanol–water partition coefficient (Wildman–Crippen LogP) is 2.97. The fraction of sp³-hybridized carbons (Fsp3) is 0.682. The van der Waals surface area contributed by atoms with Crippen molar-refractivity contribution in [3.63, 3.8) is 0 Å². The Morgan fingerprint density at radius 2 is 1.88 bits per heavy atom. The lowest BCUT2D eigenvalue weighted by atomic mass is 9.89. The third-order valence-corrected chi connectivity index (χ3v) is 6.72. The first-order valence-corrected chi connectivity index (χ1v) is 10.4. The van der Waals surface area contributed by atoms with Gasteiger partial charge in [-0.15, -0.1) is 0 Å². The summed E-state index contributed by atoms with van der Waals surface area (Å²) in [6.07, 6.45) is 6.11. The smallest absolute Gasteiger partial charge is 0.239 e. The number of rotatable bonds is 4. The number of carbonyl (C=O) groups excluding carboxylic acids is 1. The first kappa shape index (κ1) is 18.0. The summed E-state index contributed by atoms with van der Waals surface area (Å²) in [5, 5.41) is 0. The standard InChI is InChI=1S/C22H32N2O2/c1-17(22(25)24-13-9-21-20(16-24)10-14-26-21)23-11-7-19(8-12-23)15-18-5-3-2-4-6-18/h2-6,17,19-21H,7-16H2,1H3/t17?,20-,21+/m1/s1. The molecule has 3 aliphatic rings. The topological polar surface area (TPSA) is 32.8 Å². The Balaban J connectivity index is 1.26. The minimum Gasteiger partial charge on any atom is -0.378 e. The Hall–Kier alpha value is -1.39. The number of nitrogens with zero attached hydrogens (tertiary/aromatic N) is 2. The van der Waals surface area contributed by atoms with E-state index in [4.69, 9.17) is 4.74 Å². The normalized spacial score (nSPS) is 28.7. The molecule has 4 heteroatoms. The lowest BCUT2D eigenvalue weighted by Gasteiger charge is -2.40. The Morgan fingerprint density at radius 3 is 2.65 bits per heavy atom. The van der Waals surface area contributed by atoms with Crippen molar-refractivity contribution in [2.45, 2.75) is 51.2 Å². The molecule has 1 amide bonds. The molecule has 0 aromatic heterocycles. The Morgan fingerprint density at radius 1 is 1.12 bits per heavy atom. The molecule has 3 saturated heterocycles. The van der Waals surface area contributed by atoms with E-state index in [1.165, 1.54) is 24.8 Å². The minimum atomic E-state index is 0.0200. The van der Waals surface area contributed by atoms with E-state index in [0.717, 1.165) is 51.5 Å². The maximum absolute atomic E-state index is 13.0. The predicted molar refractivity (Wildman–Crippen MR) is 103 cm³/mol. The first-order chi connectivity index (χ1) is 12.7. The maximum atomic E-state index is 13.0. The molecule has 1 unspecified atom stereocenters. The second-order valence-corrected chi connectivity index (χ2v) is 8.38. The van der Waals surface area contributed by atoms with Crippen LogP contribution >= 0.6 is 0 Å². The Labute approximate surface area is 157 Å². The lowest BCUT2D eigenvalue weighted by Crippen LogP contribution is -2.53. The number of amides is 1. The number of benzene rings is 1. The van der Waals surface area contributed by atoms with Gasteiger partial charge >= 0.3 is 0 Å². The molecule has 26 heavy (non-hydrogen) atoms. The van der Waals surface area contributed by atoms with Crippen molar-refractivity contribution < 1.29 is 9.53 Å². The van der Waals surface area contributed by atoms with Gasteiger partial charge in [0.25, 0.3) is 0 Å². The van der Waals surface area contributed by atoms with Gasteiger partial charge in [0.1, 0.15) is 0 Å². The van der Waals surface area contributed by atoms with E-state index < -0.39 is 0 Å². The van der Waals surface area contributed by atoms with Gasteiger partial charge < -0.3 is 9.64 Å². The van der Waals surface area contributed by atoms with Crippen LogP contribution in [0.15, 0.2) is 30.3 Å². The number of ether oxygens (including phenoxy) is 1. The molecule has 0 radical (unpaired) electrons.